The van der Waals surface area contributed by atoms with Crippen molar-refractivity contribution in [2.24, 2.45) is 0 Å². The van der Waals surface area contributed by atoms with E-state index in [1.807, 2.05) is 0 Å². The second-order valence-electron chi connectivity index (χ2n) is 4.18. The monoisotopic (exact) mass is 334 g/mol. The van der Waals surface area contributed by atoms with E-state index in [9.17, 15) is 21.6 Å². The lowest BCUT2D eigenvalue weighted by Gasteiger charge is -2.08. The molecule has 20 heavy (non-hydrogen) atoms. The molecular weight excluding hydrogens is 321 g/mol. The maximum Gasteiger partial charge on any atom is 0.411 e. The molecule has 1 heterocycles. The Morgan fingerprint density at radius 2 is 1.95 bits per heavy atom. The number of alkyl halides is 3. The van der Waals surface area contributed by atoms with Crippen molar-refractivity contribution in [3.63, 3.8) is 0 Å². The molecular formula is C10H14ClF3N2O3S. The Labute approximate surface area is 119 Å². The first kappa shape index (κ1) is 17.3. The number of nitrogens with zero attached hydrogens (tertiary/aromatic N) is 2. The van der Waals surface area contributed by atoms with Gasteiger partial charge in [-0.3, -0.25) is 4.68 Å². The van der Waals surface area contributed by atoms with Gasteiger partial charge in [0.25, 0.3) is 9.05 Å². The van der Waals surface area contributed by atoms with Crippen LogP contribution in [-0.4, -0.2) is 37.6 Å². The van der Waals surface area contributed by atoms with Gasteiger partial charge in [0.1, 0.15) is 11.5 Å². The molecule has 1 aromatic rings. The zero-order valence-electron chi connectivity index (χ0n) is 10.9. The van der Waals surface area contributed by atoms with Gasteiger partial charge >= 0.3 is 6.18 Å². The minimum Gasteiger partial charge on any atom is -0.372 e. The molecule has 5 nitrogen and oxygen atoms in total. The molecule has 0 radical (unpaired) electrons. The third-order valence-corrected chi connectivity index (χ3v) is 4.02. The number of hydrogen-bond acceptors (Lipinski definition) is 4. The Hall–Kier alpha value is -0.800. The summed E-state index contributed by atoms with van der Waals surface area (Å²) in [6.07, 6.45) is -4.07. The van der Waals surface area contributed by atoms with Crippen molar-refractivity contribution in [3.8, 4) is 0 Å². The molecule has 0 spiro atoms. The zero-order valence-corrected chi connectivity index (χ0v) is 12.4. The van der Waals surface area contributed by atoms with Crippen LogP contribution >= 0.6 is 10.7 Å². The zero-order chi connectivity index (χ0) is 15.6. The van der Waals surface area contributed by atoms with Crippen LogP contribution in [-0.2, 0) is 20.3 Å². The summed E-state index contributed by atoms with van der Waals surface area (Å²) in [5.74, 6) is 0. The van der Waals surface area contributed by atoms with Crippen molar-refractivity contribution >= 4 is 19.7 Å². The van der Waals surface area contributed by atoms with E-state index in [-0.39, 0.29) is 30.2 Å². The summed E-state index contributed by atoms with van der Waals surface area (Å²) in [4.78, 5) is -0.0598. The maximum atomic E-state index is 11.8. The standard InChI is InChI=1S/C10H14ClF3N2O3S/c1-7-9(20(11,17)18)8(2)16(15-7)4-3-5-19-6-10(12,13)14/h3-6H2,1-2H3. The minimum atomic E-state index is -4.35. The summed E-state index contributed by atoms with van der Waals surface area (Å²) in [5.41, 5.74) is 0.613. The smallest absolute Gasteiger partial charge is 0.372 e. The highest BCUT2D eigenvalue weighted by molar-refractivity contribution is 8.13. The fourth-order valence-corrected chi connectivity index (χ4v) is 3.28. The maximum absolute atomic E-state index is 11.8. The molecule has 1 rings (SSSR count). The number of hydrogen-bond donors (Lipinski definition) is 0. The Balaban J connectivity index is 2.59. The van der Waals surface area contributed by atoms with E-state index in [2.05, 4.69) is 9.84 Å². The van der Waals surface area contributed by atoms with Crippen LogP contribution in [0.3, 0.4) is 0 Å². The Bertz CT molecular complexity index is 569. The lowest BCUT2D eigenvalue weighted by atomic mass is 10.4. The topological polar surface area (TPSA) is 61.2 Å². The van der Waals surface area contributed by atoms with Crippen LogP contribution in [0.2, 0.25) is 0 Å². The van der Waals surface area contributed by atoms with Crippen LogP contribution < -0.4 is 0 Å². The second kappa shape index (κ2) is 6.31. The van der Waals surface area contributed by atoms with E-state index in [0.717, 1.165) is 0 Å². The minimum absolute atomic E-state index is 0.0598. The summed E-state index contributed by atoms with van der Waals surface area (Å²) in [7, 11) is 1.40. The first-order chi connectivity index (χ1) is 9.02. The Morgan fingerprint density at radius 3 is 2.40 bits per heavy atom. The Kier molecular flexibility index (Phi) is 5.45. The van der Waals surface area contributed by atoms with Crippen LogP contribution in [0.5, 0.6) is 0 Å². The van der Waals surface area contributed by atoms with Gasteiger partial charge < -0.3 is 4.74 Å². The predicted octanol–water partition coefficient (Wildman–Crippen LogP) is 2.40. The van der Waals surface area contributed by atoms with Gasteiger partial charge in [0.2, 0.25) is 0 Å². The molecule has 0 fully saturated rings. The lowest BCUT2D eigenvalue weighted by molar-refractivity contribution is -0.174. The molecule has 0 bridgehead atoms. The summed E-state index contributed by atoms with van der Waals surface area (Å²) in [6, 6.07) is 0. The average Bonchev–Trinajstić information content (AvgIpc) is 2.51. The van der Waals surface area contributed by atoms with Crippen molar-refractivity contribution in [1.29, 1.82) is 0 Å². The van der Waals surface area contributed by atoms with Gasteiger partial charge in [-0.05, 0) is 20.3 Å². The van der Waals surface area contributed by atoms with E-state index in [0.29, 0.717) is 5.69 Å². The van der Waals surface area contributed by atoms with E-state index >= 15 is 0 Å². The van der Waals surface area contributed by atoms with Gasteiger partial charge in [-0.25, -0.2) is 8.42 Å². The molecule has 0 unspecified atom stereocenters. The molecule has 0 aliphatic heterocycles. The highest BCUT2D eigenvalue weighted by atomic mass is 35.7. The summed E-state index contributed by atoms with van der Waals surface area (Å²) < 4.78 is 64.0. The fraction of sp³-hybridized carbons (Fsp3) is 0.700. The van der Waals surface area contributed by atoms with Crippen LogP contribution in [0, 0.1) is 13.8 Å². The first-order valence-corrected chi connectivity index (χ1v) is 7.96. The average molecular weight is 335 g/mol. The second-order valence-corrected chi connectivity index (χ2v) is 6.69. The molecule has 0 aliphatic rings. The summed E-state index contributed by atoms with van der Waals surface area (Å²) >= 11 is 0. The van der Waals surface area contributed by atoms with Gasteiger partial charge in [-0.1, -0.05) is 0 Å². The van der Waals surface area contributed by atoms with E-state index in [1.54, 1.807) is 0 Å². The van der Waals surface area contributed by atoms with Crippen molar-refractivity contribution in [3.05, 3.63) is 11.4 Å². The molecule has 0 saturated heterocycles. The third-order valence-electron chi connectivity index (χ3n) is 2.48. The molecule has 1 aromatic heterocycles. The quantitative estimate of drug-likeness (QED) is 0.592. The largest absolute Gasteiger partial charge is 0.411 e. The SMILES string of the molecule is Cc1nn(CCCOCC(F)(F)F)c(C)c1S(=O)(=O)Cl. The molecule has 0 aromatic carbocycles. The van der Waals surface area contributed by atoms with Gasteiger partial charge in [-0.2, -0.15) is 18.3 Å². The van der Waals surface area contributed by atoms with Gasteiger partial charge in [0, 0.05) is 23.8 Å². The summed E-state index contributed by atoms with van der Waals surface area (Å²) in [6.45, 7) is 1.88. The number of halogens is 4. The fourth-order valence-electron chi connectivity index (χ4n) is 1.76. The van der Waals surface area contributed by atoms with E-state index in [1.165, 1.54) is 18.5 Å². The molecule has 0 saturated carbocycles. The van der Waals surface area contributed by atoms with Gasteiger partial charge in [0.15, 0.2) is 0 Å². The highest BCUT2D eigenvalue weighted by Gasteiger charge is 2.27. The first-order valence-electron chi connectivity index (χ1n) is 5.65. The van der Waals surface area contributed by atoms with Gasteiger partial charge in [-0.15, -0.1) is 0 Å². The van der Waals surface area contributed by atoms with Crippen LogP contribution in [0.1, 0.15) is 17.8 Å². The third kappa shape index (κ3) is 4.95. The number of aryl methyl sites for hydroxylation is 2. The van der Waals surface area contributed by atoms with Crippen molar-refractivity contribution in [1.82, 2.24) is 9.78 Å². The van der Waals surface area contributed by atoms with Crippen molar-refractivity contribution < 1.29 is 26.3 Å². The normalized spacial score (nSPS) is 12.9. The molecule has 116 valence electrons. The molecule has 0 aliphatic carbocycles. The van der Waals surface area contributed by atoms with Gasteiger partial charge in [0.05, 0.1) is 11.4 Å². The lowest BCUT2D eigenvalue weighted by Crippen LogP contribution is -2.18. The van der Waals surface area contributed by atoms with E-state index in [4.69, 9.17) is 10.7 Å². The van der Waals surface area contributed by atoms with Crippen molar-refractivity contribution in [2.45, 2.75) is 37.9 Å². The van der Waals surface area contributed by atoms with Crippen LogP contribution in [0.25, 0.3) is 0 Å². The van der Waals surface area contributed by atoms with Crippen LogP contribution in [0.15, 0.2) is 4.90 Å². The number of ether oxygens (including phenoxy) is 1. The number of rotatable bonds is 6. The molecule has 0 atom stereocenters. The predicted molar refractivity (Wildman–Crippen MR) is 66.2 cm³/mol. The van der Waals surface area contributed by atoms with Crippen LogP contribution in [0.4, 0.5) is 13.2 Å². The molecule has 0 N–H and O–H groups in total. The number of aromatic nitrogens is 2. The van der Waals surface area contributed by atoms with Crippen molar-refractivity contribution in [2.75, 3.05) is 13.2 Å². The van der Waals surface area contributed by atoms with E-state index < -0.39 is 21.8 Å². The molecule has 10 heteroatoms. The summed E-state index contributed by atoms with van der Waals surface area (Å²) in [5, 5.41) is 4.00. The molecule has 0 amide bonds. The Morgan fingerprint density at radius 1 is 1.35 bits per heavy atom. The highest BCUT2D eigenvalue weighted by Crippen LogP contribution is 2.23.